The molecule has 1 aliphatic heterocycles. The van der Waals surface area contributed by atoms with Gasteiger partial charge in [0.25, 0.3) is 0 Å². The predicted molar refractivity (Wildman–Crippen MR) is 62.7 cm³/mol. The van der Waals surface area contributed by atoms with Crippen LogP contribution in [0.3, 0.4) is 0 Å². The largest absolute Gasteiger partial charge is 0.493 e. The highest BCUT2D eigenvalue weighted by atomic mass is 32.8. The standard InChI is InChI=1S/C10H10N2O2S2/c1-3-4-8-7(5-11)10(14-2)9(6-12)16(8)15-13/h3-4H2,1-2H3. The Hall–Kier alpha value is -1.37. The van der Waals surface area contributed by atoms with Crippen LogP contribution in [-0.4, -0.2) is 11.3 Å². The number of ether oxygens (including phenoxy) is 1. The molecule has 0 radical (unpaired) electrons. The van der Waals surface area contributed by atoms with Gasteiger partial charge in [0.2, 0.25) is 0 Å². The van der Waals surface area contributed by atoms with Crippen LogP contribution in [0.1, 0.15) is 19.8 Å². The highest BCUT2D eigenvalue weighted by molar-refractivity contribution is 8.35. The minimum atomic E-state index is -0.858. The first kappa shape index (κ1) is 12.7. The molecule has 0 aromatic rings. The lowest BCUT2D eigenvalue weighted by Gasteiger charge is -2.00. The number of nitriles is 2. The van der Waals surface area contributed by atoms with Gasteiger partial charge in [0, 0.05) is 4.91 Å². The second-order valence-corrected chi connectivity index (χ2v) is 5.95. The average molecular weight is 254 g/mol. The Morgan fingerprint density at radius 1 is 1.44 bits per heavy atom. The van der Waals surface area contributed by atoms with Crippen LogP contribution in [0.15, 0.2) is 21.1 Å². The molecule has 84 valence electrons. The molecular formula is C10H10N2O2S2. The minimum Gasteiger partial charge on any atom is -0.493 e. The summed E-state index contributed by atoms with van der Waals surface area (Å²) in [6.45, 7) is 1.97. The summed E-state index contributed by atoms with van der Waals surface area (Å²) in [4.78, 5) is 1.04. The van der Waals surface area contributed by atoms with Crippen molar-refractivity contribution in [3.63, 3.8) is 0 Å². The molecule has 6 heteroatoms. The zero-order chi connectivity index (χ0) is 12.1. The molecule has 0 saturated carbocycles. The van der Waals surface area contributed by atoms with E-state index in [-0.39, 0.29) is 5.76 Å². The van der Waals surface area contributed by atoms with Crippen molar-refractivity contribution in [2.45, 2.75) is 19.8 Å². The van der Waals surface area contributed by atoms with E-state index in [1.807, 2.05) is 19.1 Å². The Balaban J connectivity index is 3.47. The molecule has 4 nitrogen and oxygen atoms in total. The fraction of sp³-hybridized carbons (Fsp3) is 0.400. The predicted octanol–water partition coefficient (Wildman–Crippen LogP) is 1.71. The lowest BCUT2D eigenvalue weighted by Crippen LogP contribution is -1.93. The van der Waals surface area contributed by atoms with Crippen molar-refractivity contribution in [2.75, 3.05) is 7.11 Å². The van der Waals surface area contributed by atoms with E-state index >= 15 is 0 Å². The van der Waals surface area contributed by atoms with E-state index in [1.165, 1.54) is 7.11 Å². The van der Waals surface area contributed by atoms with Crippen molar-refractivity contribution in [1.82, 2.24) is 0 Å². The molecule has 0 saturated heterocycles. The summed E-state index contributed by atoms with van der Waals surface area (Å²) in [6, 6.07) is 4.00. The zero-order valence-electron chi connectivity index (χ0n) is 8.94. The summed E-state index contributed by atoms with van der Waals surface area (Å²) in [6.07, 6.45) is 1.49. The molecule has 0 fully saturated rings. The number of rotatable bonds is 3. The molecule has 0 aliphatic carbocycles. The van der Waals surface area contributed by atoms with E-state index < -0.39 is 9.45 Å². The first-order chi connectivity index (χ1) is 7.74. The molecule has 1 atom stereocenters. The third kappa shape index (κ3) is 1.95. The normalized spacial score (nSPS) is 19.4. The van der Waals surface area contributed by atoms with Crippen LogP contribution in [0.25, 0.3) is 0 Å². The van der Waals surface area contributed by atoms with Crippen LogP contribution in [0.5, 0.6) is 0 Å². The van der Waals surface area contributed by atoms with E-state index in [1.54, 1.807) is 0 Å². The maximum absolute atomic E-state index is 11.1. The molecule has 0 amide bonds. The van der Waals surface area contributed by atoms with Crippen molar-refractivity contribution in [2.24, 2.45) is 0 Å². The van der Waals surface area contributed by atoms with Gasteiger partial charge in [0.15, 0.2) is 5.76 Å². The van der Waals surface area contributed by atoms with Gasteiger partial charge in [-0.05, 0) is 15.9 Å². The van der Waals surface area contributed by atoms with Crippen LogP contribution >= 0.6 is 0 Å². The van der Waals surface area contributed by atoms with Crippen LogP contribution in [0, 0.1) is 22.7 Å². The van der Waals surface area contributed by atoms with Gasteiger partial charge in [0.1, 0.15) is 32.8 Å². The number of hydrogen-bond acceptors (Lipinski definition) is 4. The highest BCUT2D eigenvalue weighted by Crippen LogP contribution is 2.35. The molecule has 0 N–H and O–H groups in total. The van der Waals surface area contributed by atoms with Crippen molar-refractivity contribution >= 4 is 19.7 Å². The third-order valence-corrected chi connectivity index (χ3v) is 5.24. The number of hydrogen-bond donors (Lipinski definition) is 0. The highest BCUT2D eigenvalue weighted by Gasteiger charge is 2.30. The maximum Gasteiger partial charge on any atom is 0.162 e. The minimum absolute atomic E-state index is 0.278. The van der Waals surface area contributed by atoms with Gasteiger partial charge in [-0.3, -0.25) is 0 Å². The first-order valence-corrected chi connectivity index (χ1v) is 7.09. The van der Waals surface area contributed by atoms with E-state index in [9.17, 15) is 4.21 Å². The molecule has 0 aromatic heterocycles. The van der Waals surface area contributed by atoms with Gasteiger partial charge >= 0.3 is 0 Å². The average Bonchev–Trinajstić information content (AvgIpc) is 2.61. The van der Waals surface area contributed by atoms with Crippen molar-refractivity contribution in [3.8, 4) is 12.1 Å². The topological polar surface area (TPSA) is 73.9 Å². The van der Waals surface area contributed by atoms with E-state index in [4.69, 9.17) is 15.3 Å². The maximum atomic E-state index is 11.1. The Morgan fingerprint density at radius 3 is 2.50 bits per heavy atom. The van der Waals surface area contributed by atoms with Crippen molar-refractivity contribution < 1.29 is 8.95 Å². The summed E-state index contributed by atoms with van der Waals surface area (Å²) in [5.41, 5.74) is 0.368. The summed E-state index contributed by atoms with van der Waals surface area (Å²) in [7, 11) is 0.915. The number of allylic oxidation sites excluding steroid dienone is 3. The Labute approximate surface area is 99.5 Å². The Morgan fingerprint density at radius 2 is 2.12 bits per heavy atom. The third-order valence-electron chi connectivity index (χ3n) is 2.08. The molecule has 1 aliphatic rings. The Kier molecular flexibility index (Phi) is 4.48. The van der Waals surface area contributed by atoms with Gasteiger partial charge in [-0.15, -0.1) is 0 Å². The Bertz CT molecular complexity index is 514. The quantitative estimate of drug-likeness (QED) is 0.768. The second-order valence-electron chi connectivity index (χ2n) is 2.97. The first-order valence-electron chi connectivity index (χ1n) is 4.61. The van der Waals surface area contributed by atoms with E-state index in [2.05, 4.69) is 0 Å². The molecule has 0 spiro atoms. The molecule has 1 rings (SSSR count). The lowest BCUT2D eigenvalue weighted by atomic mass is 10.1. The van der Waals surface area contributed by atoms with E-state index in [0.29, 0.717) is 27.1 Å². The van der Waals surface area contributed by atoms with Crippen LogP contribution < -0.4 is 0 Å². The van der Waals surface area contributed by atoms with Gasteiger partial charge < -0.3 is 4.74 Å². The van der Waals surface area contributed by atoms with Gasteiger partial charge in [-0.25, -0.2) is 4.21 Å². The molecule has 0 aromatic carbocycles. The molecule has 16 heavy (non-hydrogen) atoms. The lowest BCUT2D eigenvalue weighted by molar-refractivity contribution is 0.303. The van der Waals surface area contributed by atoms with Crippen molar-refractivity contribution in [3.05, 3.63) is 21.1 Å². The van der Waals surface area contributed by atoms with Crippen LogP contribution in [0.2, 0.25) is 0 Å². The summed E-state index contributed by atoms with van der Waals surface area (Å²) in [5.74, 6) is 0.278. The monoisotopic (exact) mass is 254 g/mol. The SMILES string of the molecule is CCCC1=C(C#N)C(OC)=C(C#N)S1=S=O. The van der Waals surface area contributed by atoms with Gasteiger partial charge in [0.05, 0.1) is 7.11 Å². The number of nitrogens with zero attached hydrogens (tertiary/aromatic N) is 2. The number of methoxy groups -OCH3 is 1. The van der Waals surface area contributed by atoms with E-state index in [0.717, 1.165) is 11.3 Å². The van der Waals surface area contributed by atoms with Crippen molar-refractivity contribution in [1.29, 1.82) is 10.5 Å². The second kappa shape index (κ2) is 5.64. The smallest absolute Gasteiger partial charge is 0.162 e. The van der Waals surface area contributed by atoms with Gasteiger partial charge in [-0.1, -0.05) is 13.3 Å². The summed E-state index contributed by atoms with van der Waals surface area (Å²) < 4.78 is 16.1. The molecule has 0 bridgehead atoms. The van der Waals surface area contributed by atoms with Gasteiger partial charge in [-0.2, -0.15) is 10.5 Å². The summed E-state index contributed by atoms with van der Waals surface area (Å²) >= 11 is 0. The summed E-state index contributed by atoms with van der Waals surface area (Å²) in [5, 5.41) is 18.1. The van der Waals surface area contributed by atoms with Crippen LogP contribution in [0.4, 0.5) is 0 Å². The molecule has 1 heterocycles. The zero-order valence-corrected chi connectivity index (χ0v) is 10.6. The fourth-order valence-corrected chi connectivity index (χ4v) is 4.30. The van der Waals surface area contributed by atoms with Crippen LogP contribution in [-0.2, 0) is 24.4 Å². The fourth-order valence-electron chi connectivity index (χ4n) is 1.46. The molecular weight excluding hydrogens is 244 g/mol. The molecule has 1 unspecified atom stereocenters.